The van der Waals surface area contributed by atoms with Crippen molar-refractivity contribution in [3.05, 3.63) is 39.4 Å². The lowest BCUT2D eigenvalue weighted by Crippen LogP contribution is -2.17. The maximum Gasteiger partial charge on any atom is 0.341 e. The third-order valence-electron chi connectivity index (χ3n) is 2.16. The zero-order valence-electron chi connectivity index (χ0n) is 10.2. The molecule has 0 bridgehead atoms. The Labute approximate surface area is 119 Å². The molecule has 0 N–H and O–H groups in total. The van der Waals surface area contributed by atoms with Gasteiger partial charge in [-0.1, -0.05) is 29.3 Å². The number of carbonyl (C=O) groups is 2. The number of nitrogens with zero attached hydrogens (tertiary/aromatic N) is 1. The minimum Gasteiger partial charge on any atom is -0.462 e. The van der Waals surface area contributed by atoms with Gasteiger partial charge in [-0.2, -0.15) is 0 Å². The topological polar surface area (TPSA) is 56.3 Å². The molecule has 0 aliphatic heterocycles. The van der Waals surface area contributed by atoms with Crippen molar-refractivity contribution in [2.24, 2.45) is 0 Å². The quantitative estimate of drug-likeness (QED) is 0.214. The molecule has 0 spiro atoms. The second kappa shape index (κ2) is 6.63. The van der Waals surface area contributed by atoms with Gasteiger partial charge >= 0.3 is 5.97 Å². The normalized spacial score (nSPS) is 11.3. The van der Waals surface area contributed by atoms with Crippen LogP contribution in [-0.4, -0.2) is 23.3 Å². The Hall–Kier alpha value is -1.46. The van der Waals surface area contributed by atoms with Crippen LogP contribution in [0.5, 0.6) is 0 Å². The number of ether oxygens (including phenoxy) is 1. The Kier molecular flexibility index (Phi) is 5.44. The van der Waals surface area contributed by atoms with Gasteiger partial charge in [-0.25, -0.2) is 14.2 Å². The summed E-state index contributed by atoms with van der Waals surface area (Å²) < 4.78 is 18.0. The van der Waals surface area contributed by atoms with Crippen molar-refractivity contribution in [2.75, 3.05) is 6.61 Å². The van der Waals surface area contributed by atoms with Crippen LogP contribution in [0.3, 0.4) is 0 Å². The Morgan fingerprint density at radius 1 is 1.42 bits per heavy atom. The fourth-order valence-corrected chi connectivity index (χ4v) is 1.71. The molecule has 1 aromatic heterocycles. The van der Waals surface area contributed by atoms with Gasteiger partial charge in [0, 0.05) is 0 Å². The van der Waals surface area contributed by atoms with Crippen molar-refractivity contribution >= 4 is 35.0 Å². The molecular weight excluding hydrogens is 296 g/mol. The SMILES string of the molecule is C/C=C(/C(=O)OCC)C(=O)c1cc(F)c(Cl)nc1Cl. The number of Topliss-reactive ketones (excluding diaryl/α,β-unsaturated/α-hetero) is 1. The van der Waals surface area contributed by atoms with Gasteiger partial charge in [0.2, 0.25) is 5.78 Å². The number of hydrogen-bond acceptors (Lipinski definition) is 4. The van der Waals surface area contributed by atoms with E-state index in [9.17, 15) is 14.0 Å². The first-order valence-electron chi connectivity index (χ1n) is 5.32. The summed E-state index contributed by atoms with van der Waals surface area (Å²) in [7, 11) is 0. The van der Waals surface area contributed by atoms with E-state index in [-0.39, 0.29) is 22.9 Å². The summed E-state index contributed by atoms with van der Waals surface area (Å²) in [5, 5.41) is -0.722. The third kappa shape index (κ3) is 3.52. The average molecular weight is 306 g/mol. The van der Waals surface area contributed by atoms with Crippen LogP contribution in [0.15, 0.2) is 17.7 Å². The molecule has 4 nitrogen and oxygen atoms in total. The van der Waals surface area contributed by atoms with Crippen LogP contribution in [0.4, 0.5) is 4.39 Å². The predicted octanol–water partition coefficient (Wildman–Crippen LogP) is 3.22. The van der Waals surface area contributed by atoms with E-state index in [1.165, 1.54) is 13.0 Å². The van der Waals surface area contributed by atoms with E-state index < -0.39 is 22.7 Å². The summed E-state index contributed by atoms with van der Waals surface area (Å²) in [5.74, 6) is -2.47. The highest BCUT2D eigenvalue weighted by molar-refractivity contribution is 6.37. The Bertz CT molecular complexity index is 558. The number of allylic oxidation sites excluding steroid dienone is 1. The summed E-state index contributed by atoms with van der Waals surface area (Å²) in [6.45, 7) is 3.20. The molecule has 0 fully saturated rings. The lowest BCUT2D eigenvalue weighted by molar-refractivity contribution is -0.138. The largest absolute Gasteiger partial charge is 0.462 e. The predicted molar refractivity (Wildman–Crippen MR) is 68.9 cm³/mol. The number of rotatable bonds is 4. The minimum atomic E-state index is -0.895. The molecule has 1 heterocycles. The molecule has 102 valence electrons. The molecule has 0 aromatic carbocycles. The highest BCUT2D eigenvalue weighted by Crippen LogP contribution is 2.23. The molecule has 0 radical (unpaired) electrons. The van der Waals surface area contributed by atoms with Crippen molar-refractivity contribution in [2.45, 2.75) is 13.8 Å². The van der Waals surface area contributed by atoms with E-state index in [1.54, 1.807) is 6.92 Å². The first-order valence-corrected chi connectivity index (χ1v) is 6.07. The van der Waals surface area contributed by atoms with Crippen LogP contribution in [0, 0.1) is 5.82 Å². The first kappa shape index (κ1) is 15.6. The van der Waals surface area contributed by atoms with E-state index in [0.29, 0.717) is 0 Å². The fraction of sp³-hybridized carbons (Fsp3) is 0.250. The monoisotopic (exact) mass is 305 g/mol. The highest BCUT2D eigenvalue weighted by atomic mass is 35.5. The standard InChI is InChI=1S/C12H10Cl2FNO3/c1-3-6(12(18)19-4-2)9(17)7-5-8(15)11(14)16-10(7)13/h3,5H,4H2,1-2H3/b6-3+. The van der Waals surface area contributed by atoms with E-state index in [1.807, 2.05) is 0 Å². The van der Waals surface area contributed by atoms with Crippen molar-refractivity contribution in [1.82, 2.24) is 4.98 Å². The van der Waals surface area contributed by atoms with Gasteiger partial charge < -0.3 is 4.74 Å². The summed E-state index contributed by atoms with van der Waals surface area (Å²) >= 11 is 11.1. The first-order chi connectivity index (χ1) is 8.92. The lowest BCUT2D eigenvalue weighted by Gasteiger charge is -2.07. The lowest BCUT2D eigenvalue weighted by atomic mass is 10.1. The average Bonchev–Trinajstić information content (AvgIpc) is 2.34. The number of halogens is 3. The number of aromatic nitrogens is 1. The molecule has 7 heteroatoms. The van der Waals surface area contributed by atoms with E-state index >= 15 is 0 Å². The molecule has 0 atom stereocenters. The zero-order chi connectivity index (χ0) is 14.6. The Morgan fingerprint density at radius 3 is 2.58 bits per heavy atom. The zero-order valence-corrected chi connectivity index (χ0v) is 11.7. The molecule has 0 saturated carbocycles. The molecule has 0 saturated heterocycles. The highest BCUT2D eigenvalue weighted by Gasteiger charge is 2.24. The molecular formula is C12H10Cl2FNO3. The summed E-state index contributed by atoms with van der Waals surface area (Å²) in [6, 6.07) is 0.836. The maximum absolute atomic E-state index is 13.3. The van der Waals surface area contributed by atoms with Gasteiger partial charge in [0.05, 0.1) is 12.2 Å². The van der Waals surface area contributed by atoms with Crippen LogP contribution in [-0.2, 0) is 9.53 Å². The second-order valence-electron chi connectivity index (χ2n) is 3.35. The summed E-state index contributed by atoms with van der Waals surface area (Å²) in [6.07, 6.45) is 1.27. The number of esters is 1. The van der Waals surface area contributed by atoms with Crippen LogP contribution in [0.2, 0.25) is 10.3 Å². The van der Waals surface area contributed by atoms with Crippen LogP contribution in [0.25, 0.3) is 0 Å². The number of pyridine rings is 1. The van der Waals surface area contributed by atoms with Crippen LogP contribution >= 0.6 is 23.2 Å². The van der Waals surface area contributed by atoms with Crippen molar-refractivity contribution in [3.63, 3.8) is 0 Å². The Balaban J connectivity index is 3.19. The number of hydrogen-bond donors (Lipinski definition) is 0. The molecule has 0 aliphatic rings. The van der Waals surface area contributed by atoms with Crippen LogP contribution < -0.4 is 0 Å². The van der Waals surface area contributed by atoms with Gasteiger partial charge in [0.1, 0.15) is 10.7 Å². The molecule has 1 rings (SSSR count). The van der Waals surface area contributed by atoms with Crippen molar-refractivity contribution in [3.8, 4) is 0 Å². The van der Waals surface area contributed by atoms with Gasteiger partial charge in [-0.15, -0.1) is 0 Å². The van der Waals surface area contributed by atoms with Gasteiger partial charge in [-0.05, 0) is 19.9 Å². The van der Waals surface area contributed by atoms with E-state index in [2.05, 4.69) is 4.98 Å². The molecule has 1 aromatic rings. The molecule has 0 aliphatic carbocycles. The van der Waals surface area contributed by atoms with Gasteiger partial charge in [0.25, 0.3) is 0 Å². The molecule has 19 heavy (non-hydrogen) atoms. The van der Waals surface area contributed by atoms with Gasteiger partial charge in [0.15, 0.2) is 11.0 Å². The smallest absolute Gasteiger partial charge is 0.341 e. The van der Waals surface area contributed by atoms with Crippen molar-refractivity contribution < 1.29 is 18.7 Å². The summed E-state index contributed by atoms with van der Waals surface area (Å²) in [4.78, 5) is 27.1. The fourth-order valence-electron chi connectivity index (χ4n) is 1.30. The number of carbonyl (C=O) groups excluding carboxylic acids is 2. The van der Waals surface area contributed by atoms with Crippen molar-refractivity contribution in [1.29, 1.82) is 0 Å². The third-order valence-corrected chi connectivity index (χ3v) is 2.71. The van der Waals surface area contributed by atoms with E-state index in [0.717, 1.165) is 6.07 Å². The van der Waals surface area contributed by atoms with Gasteiger partial charge in [-0.3, -0.25) is 4.79 Å². The van der Waals surface area contributed by atoms with Crippen LogP contribution in [0.1, 0.15) is 24.2 Å². The molecule has 0 amide bonds. The second-order valence-corrected chi connectivity index (χ2v) is 4.07. The Morgan fingerprint density at radius 2 is 2.05 bits per heavy atom. The number of ketones is 1. The maximum atomic E-state index is 13.3. The summed E-state index contributed by atoms with van der Waals surface area (Å²) in [5.41, 5.74) is -0.489. The minimum absolute atomic E-state index is 0.115. The molecule has 0 unspecified atom stereocenters. The van der Waals surface area contributed by atoms with E-state index in [4.69, 9.17) is 27.9 Å².